The first-order valence-electron chi connectivity index (χ1n) is 8.43. The molecule has 5 nitrogen and oxygen atoms in total. The molecule has 0 aromatic heterocycles. The van der Waals surface area contributed by atoms with Gasteiger partial charge in [0.2, 0.25) is 0 Å². The maximum atomic E-state index is 11.9. The van der Waals surface area contributed by atoms with E-state index in [1.165, 1.54) is 14.2 Å². The van der Waals surface area contributed by atoms with Crippen molar-refractivity contribution in [3.8, 4) is 17.6 Å². The Morgan fingerprint density at radius 1 is 0.963 bits per heavy atom. The van der Waals surface area contributed by atoms with Crippen molar-refractivity contribution in [1.29, 1.82) is 5.26 Å². The summed E-state index contributed by atoms with van der Waals surface area (Å²) in [5, 5.41) is 21.3. The third-order valence-corrected chi connectivity index (χ3v) is 4.67. The summed E-state index contributed by atoms with van der Waals surface area (Å²) in [6.07, 6.45) is 0. The number of benzene rings is 3. The smallest absolute Gasteiger partial charge is 0.321 e. The number of methoxy groups -OCH3 is 2. The molecule has 2 atom stereocenters. The van der Waals surface area contributed by atoms with Gasteiger partial charge in [0.1, 0.15) is 11.5 Å². The molecular weight excluding hydrogens is 342 g/mol. The van der Waals surface area contributed by atoms with Crippen LogP contribution in [-0.2, 0) is 4.79 Å². The number of rotatable bonds is 6. The second-order valence-electron chi connectivity index (χ2n) is 6.07. The van der Waals surface area contributed by atoms with Crippen LogP contribution in [0.5, 0.6) is 11.5 Å². The summed E-state index contributed by atoms with van der Waals surface area (Å²) in [6.45, 7) is 0. The van der Waals surface area contributed by atoms with Crippen molar-refractivity contribution in [2.24, 2.45) is 5.92 Å². The van der Waals surface area contributed by atoms with Crippen LogP contribution in [0.15, 0.2) is 60.7 Å². The van der Waals surface area contributed by atoms with Gasteiger partial charge in [-0.25, -0.2) is 0 Å². The second kappa shape index (κ2) is 7.79. The van der Waals surface area contributed by atoms with E-state index >= 15 is 0 Å². The first kappa shape index (κ1) is 18.3. The molecule has 0 bridgehead atoms. The zero-order chi connectivity index (χ0) is 19.4. The van der Waals surface area contributed by atoms with Crippen molar-refractivity contribution in [3.05, 3.63) is 71.8 Å². The van der Waals surface area contributed by atoms with Gasteiger partial charge in [0, 0.05) is 11.5 Å². The van der Waals surface area contributed by atoms with Crippen LogP contribution < -0.4 is 9.47 Å². The van der Waals surface area contributed by atoms with Gasteiger partial charge in [0.15, 0.2) is 5.92 Å². The minimum absolute atomic E-state index is 0.480. The lowest BCUT2D eigenvalue weighted by Gasteiger charge is -2.25. The molecule has 0 aliphatic heterocycles. The van der Waals surface area contributed by atoms with Crippen molar-refractivity contribution in [2.75, 3.05) is 14.2 Å². The fraction of sp³-hybridized carbons (Fsp3) is 0.182. The Labute approximate surface area is 157 Å². The predicted molar refractivity (Wildman–Crippen MR) is 102 cm³/mol. The second-order valence-corrected chi connectivity index (χ2v) is 6.07. The van der Waals surface area contributed by atoms with Gasteiger partial charge in [-0.15, -0.1) is 0 Å². The monoisotopic (exact) mass is 361 g/mol. The molecule has 0 heterocycles. The van der Waals surface area contributed by atoms with Crippen molar-refractivity contribution >= 4 is 16.7 Å². The van der Waals surface area contributed by atoms with Crippen LogP contribution in [0.3, 0.4) is 0 Å². The average molecular weight is 361 g/mol. The molecule has 136 valence electrons. The molecule has 0 radical (unpaired) electrons. The third-order valence-electron chi connectivity index (χ3n) is 4.67. The van der Waals surface area contributed by atoms with Crippen molar-refractivity contribution < 1.29 is 19.4 Å². The van der Waals surface area contributed by atoms with Gasteiger partial charge in [-0.2, -0.15) is 5.26 Å². The summed E-state index contributed by atoms with van der Waals surface area (Å²) in [4.78, 5) is 11.9. The predicted octanol–water partition coefficient (Wildman–Crippen LogP) is 4.21. The zero-order valence-corrected chi connectivity index (χ0v) is 15.0. The van der Waals surface area contributed by atoms with Crippen LogP contribution in [0.25, 0.3) is 10.8 Å². The molecule has 2 unspecified atom stereocenters. The van der Waals surface area contributed by atoms with Gasteiger partial charge in [-0.1, -0.05) is 48.5 Å². The average Bonchev–Trinajstić information content (AvgIpc) is 2.70. The Morgan fingerprint density at radius 3 is 2.15 bits per heavy atom. The number of carboxylic acids is 1. The minimum atomic E-state index is -1.30. The molecule has 1 N–H and O–H groups in total. The molecule has 0 saturated carbocycles. The number of carbonyl (C=O) groups is 1. The van der Waals surface area contributed by atoms with Gasteiger partial charge in [0.25, 0.3) is 0 Å². The Bertz CT molecular complexity index is 995. The summed E-state index contributed by atoms with van der Waals surface area (Å²) in [5.41, 5.74) is 1.29. The van der Waals surface area contributed by atoms with E-state index in [-0.39, 0.29) is 0 Å². The van der Waals surface area contributed by atoms with Crippen LogP contribution in [0.1, 0.15) is 17.0 Å². The van der Waals surface area contributed by atoms with E-state index in [1.54, 1.807) is 18.2 Å². The number of nitriles is 1. The zero-order valence-electron chi connectivity index (χ0n) is 15.0. The topological polar surface area (TPSA) is 79.5 Å². The summed E-state index contributed by atoms with van der Waals surface area (Å²) in [5.74, 6) is -2.29. The third kappa shape index (κ3) is 3.30. The van der Waals surface area contributed by atoms with E-state index in [2.05, 4.69) is 0 Å². The number of carboxylic acid groups (broad SMARTS) is 1. The summed E-state index contributed by atoms with van der Waals surface area (Å²) in [7, 11) is 3.03. The number of hydrogen-bond donors (Lipinski definition) is 1. The summed E-state index contributed by atoms with van der Waals surface area (Å²) < 4.78 is 11.0. The number of fused-ring (bicyclic) bond motifs is 1. The molecule has 0 spiro atoms. The molecule has 0 saturated heterocycles. The van der Waals surface area contributed by atoms with Crippen molar-refractivity contribution in [1.82, 2.24) is 0 Å². The Morgan fingerprint density at radius 2 is 1.56 bits per heavy atom. The number of hydrogen-bond acceptors (Lipinski definition) is 4. The van der Waals surface area contributed by atoms with E-state index in [1.807, 2.05) is 48.5 Å². The first-order chi connectivity index (χ1) is 13.1. The summed E-state index contributed by atoms with van der Waals surface area (Å²) >= 11 is 0. The maximum absolute atomic E-state index is 11.9. The molecular formula is C22H19NO4. The van der Waals surface area contributed by atoms with Crippen LogP contribution in [0.2, 0.25) is 0 Å². The van der Waals surface area contributed by atoms with Crippen molar-refractivity contribution in [2.45, 2.75) is 5.92 Å². The van der Waals surface area contributed by atoms with E-state index in [9.17, 15) is 15.2 Å². The van der Waals surface area contributed by atoms with Crippen LogP contribution >= 0.6 is 0 Å². The van der Waals surface area contributed by atoms with Crippen LogP contribution in [0, 0.1) is 17.2 Å². The maximum Gasteiger partial charge on any atom is 0.321 e. The largest absolute Gasteiger partial charge is 0.496 e. The molecule has 3 rings (SSSR count). The molecule has 3 aromatic carbocycles. The fourth-order valence-corrected chi connectivity index (χ4v) is 3.48. The van der Waals surface area contributed by atoms with Crippen LogP contribution in [0.4, 0.5) is 0 Å². The van der Waals surface area contributed by atoms with E-state index in [0.717, 1.165) is 16.3 Å². The SMILES string of the molecule is COc1cccc(OC)c1C(c1cccc2ccccc12)C(C#N)C(=O)O. The normalized spacial score (nSPS) is 12.8. The Hall–Kier alpha value is -3.52. The lowest BCUT2D eigenvalue weighted by atomic mass is 9.78. The van der Waals surface area contributed by atoms with E-state index in [4.69, 9.17) is 9.47 Å². The molecule has 3 aromatic rings. The lowest BCUT2D eigenvalue weighted by molar-refractivity contribution is -0.140. The summed E-state index contributed by atoms with van der Waals surface area (Å²) in [6, 6.07) is 20.6. The van der Waals surface area contributed by atoms with Gasteiger partial charge in [0.05, 0.1) is 20.3 Å². The molecule has 27 heavy (non-hydrogen) atoms. The highest BCUT2D eigenvalue weighted by Crippen LogP contribution is 2.44. The standard InChI is InChI=1S/C22H19NO4/c1-26-18-11-6-12-19(27-2)21(18)20(17(13-23)22(24)25)16-10-5-8-14-7-3-4-9-15(14)16/h3-12,17,20H,1-2H3,(H,24,25). The lowest BCUT2D eigenvalue weighted by Crippen LogP contribution is -2.23. The van der Waals surface area contributed by atoms with Gasteiger partial charge < -0.3 is 14.6 Å². The quantitative estimate of drug-likeness (QED) is 0.711. The Balaban J connectivity index is 2.38. The van der Waals surface area contributed by atoms with E-state index < -0.39 is 17.8 Å². The highest BCUT2D eigenvalue weighted by atomic mass is 16.5. The highest BCUT2D eigenvalue weighted by Gasteiger charge is 2.36. The van der Waals surface area contributed by atoms with E-state index in [0.29, 0.717) is 17.1 Å². The van der Waals surface area contributed by atoms with Crippen LogP contribution in [-0.4, -0.2) is 25.3 Å². The Kier molecular flexibility index (Phi) is 5.28. The van der Waals surface area contributed by atoms with Gasteiger partial charge >= 0.3 is 5.97 Å². The van der Waals surface area contributed by atoms with Crippen molar-refractivity contribution in [3.63, 3.8) is 0 Å². The molecule has 0 aliphatic carbocycles. The molecule has 5 heteroatoms. The fourth-order valence-electron chi connectivity index (χ4n) is 3.48. The highest BCUT2D eigenvalue weighted by molar-refractivity contribution is 5.88. The molecule has 0 amide bonds. The number of nitrogens with zero attached hydrogens (tertiary/aromatic N) is 1. The minimum Gasteiger partial charge on any atom is -0.496 e. The first-order valence-corrected chi connectivity index (χ1v) is 8.43. The van der Waals surface area contributed by atoms with Gasteiger partial charge in [-0.3, -0.25) is 4.79 Å². The molecule has 0 fully saturated rings. The number of ether oxygens (including phenoxy) is 2. The molecule has 0 aliphatic rings. The van der Waals surface area contributed by atoms with Gasteiger partial charge in [-0.05, 0) is 28.5 Å². The number of aliphatic carboxylic acids is 1.